The summed E-state index contributed by atoms with van der Waals surface area (Å²) < 4.78 is 19.2. The standard InChI is InChI=1S/C18H22FN3O2S.2ClH/c1-24-12-18(6-8-20-9-7-18)11-21-16(23)15-10-25-17(22-15)13-4-2-3-5-14(13)19;;/h2-5,10,20H,6-9,11-12H2,1H3,(H,21,23);2*1H. The summed E-state index contributed by atoms with van der Waals surface area (Å²) in [5.41, 5.74) is 0.700. The maximum atomic E-state index is 13.9. The monoisotopic (exact) mass is 435 g/mol. The number of thiazole rings is 1. The van der Waals surface area contributed by atoms with Crippen molar-refractivity contribution in [1.29, 1.82) is 0 Å². The smallest absolute Gasteiger partial charge is 0.270 e. The van der Waals surface area contributed by atoms with Crippen LogP contribution in [-0.4, -0.2) is 44.2 Å². The summed E-state index contributed by atoms with van der Waals surface area (Å²) in [5.74, 6) is -0.564. The SMILES string of the molecule is COCC1(CNC(=O)c2csc(-c3ccccc3F)n2)CCNCC1.Cl.Cl. The van der Waals surface area contributed by atoms with Gasteiger partial charge in [0, 0.05) is 30.0 Å². The van der Waals surface area contributed by atoms with E-state index in [2.05, 4.69) is 15.6 Å². The predicted octanol–water partition coefficient (Wildman–Crippen LogP) is 3.54. The molecule has 1 aromatic heterocycles. The molecular weight excluding hydrogens is 412 g/mol. The first-order valence-corrected chi connectivity index (χ1v) is 9.20. The first-order chi connectivity index (χ1) is 12.1. The molecule has 1 aliphatic heterocycles. The Labute approximate surface area is 174 Å². The average molecular weight is 436 g/mol. The molecule has 0 unspecified atom stereocenters. The topological polar surface area (TPSA) is 63.2 Å². The highest BCUT2D eigenvalue weighted by Crippen LogP contribution is 2.29. The van der Waals surface area contributed by atoms with E-state index in [1.54, 1.807) is 30.7 Å². The Balaban J connectivity index is 0.00000182. The number of nitrogens with one attached hydrogen (secondary N) is 2. The van der Waals surface area contributed by atoms with Gasteiger partial charge in [0.2, 0.25) is 0 Å². The fourth-order valence-electron chi connectivity index (χ4n) is 3.13. The van der Waals surface area contributed by atoms with E-state index in [0.717, 1.165) is 25.9 Å². The third kappa shape index (κ3) is 5.86. The number of methoxy groups -OCH3 is 1. The molecule has 0 atom stereocenters. The number of carbonyl (C=O) groups excluding carboxylic acids is 1. The van der Waals surface area contributed by atoms with Gasteiger partial charge in [-0.25, -0.2) is 9.37 Å². The first-order valence-electron chi connectivity index (χ1n) is 8.32. The summed E-state index contributed by atoms with van der Waals surface area (Å²) >= 11 is 1.27. The molecule has 27 heavy (non-hydrogen) atoms. The van der Waals surface area contributed by atoms with Crippen LogP contribution >= 0.6 is 36.2 Å². The number of hydrogen-bond donors (Lipinski definition) is 2. The number of nitrogens with zero attached hydrogens (tertiary/aromatic N) is 1. The minimum absolute atomic E-state index is 0. The molecule has 0 aliphatic carbocycles. The van der Waals surface area contributed by atoms with Crippen LogP contribution in [-0.2, 0) is 4.74 Å². The summed E-state index contributed by atoms with van der Waals surface area (Å²) in [7, 11) is 1.69. The van der Waals surface area contributed by atoms with Crippen LogP contribution in [0.4, 0.5) is 4.39 Å². The number of ether oxygens (including phenoxy) is 1. The van der Waals surface area contributed by atoms with E-state index in [9.17, 15) is 9.18 Å². The first kappa shape index (κ1) is 23.8. The van der Waals surface area contributed by atoms with Gasteiger partial charge in [-0.15, -0.1) is 36.2 Å². The summed E-state index contributed by atoms with van der Waals surface area (Å²) in [4.78, 5) is 16.7. The third-order valence-electron chi connectivity index (χ3n) is 4.58. The molecule has 0 saturated carbocycles. The second-order valence-electron chi connectivity index (χ2n) is 6.38. The quantitative estimate of drug-likeness (QED) is 0.727. The van der Waals surface area contributed by atoms with E-state index in [1.165, 1.54) is 17.4 Å². The lowest BCUT2D eigenvalue weighted by molar-refractivity contribution is 0.0511. The largest absolute Gasteiger partial charge is 0.384 e. The molecule has 0 bridgehead atoms. The van der Waals surface area contributed by atoms with Gasteiger partial charge in [0.25, 0.3) is 5.91 Å². The van der Waals surface area contributed by atoms with Gasteiger partial charge in [-0.05, 0) is 38.1 Å². The molecule has 1 aromatic carbocycles. The number of hydrogen-bond acceptors (Lipinski definition) is 5. The maximum Gasteiger partial charge on any atom is 0.270 e. The van der Waals surface area contributed by atoms with Gasteiger partial charge in [-0.3, -0.25) is 4.79 Å². The van der Waals surface area contributed by atoms with E-state index >= 15 is 0 Å². The van der Waals surface area contributed by atoms with Crippen molar-refractivity contribution in [2.45, 2.75) is 12.8 Å². The molecule has 150 valence electrons. The van der Waals surface area contributed by atoms with Crippen LogP contribution in [0.15, 0.2) is 29.6 Å². The van der Waals surface area contributed by atoms with E-state index in [1.807, 2.05) is 0 Å². The summed E-state index contributed by atoms with van der Waals surface area (Å²) in [6, 6.07) is 6.44. The van der Waals surface area contributed by atoms with Crippen molar-refractivity contribution in [3.05, 3.63) is 41.2 Å². The van der Waals surface area contributed by atoms with Crippen molar-refractivity contribution in [3.63, 3.8) is 0 Å². The van der Waals surface area contributed by atoms with Gasteiger partial charge in [0.15, 0.2) is 0 Å². The molecular formula is C18H24Cl2FN3O2S. The van der Waals surface area contributed by atoms with E-state index in [0.29, 0.717) is 29.4 Å². The van der Waals surface area contributed by atoms with Gasteiger partial charge in [-0.1, -0.05) is 12.1 Å². The molecule has 2 heterocycles. The molecule has 1 fully saturated rings. The second-order valence-corrected chi connectivity index (χ2v) is 7.24. The van der Waals surface area contributed by atoms with Crippen LogP contribution < -0.4 is 10.6 Å². The predicted molar refractivity (Wildman–Crippen MR) is 111 cm³/mol. The molecule has 9 heteroatoms. The number of rotatable bonds is 6. The number of amides is 1. The Morgan fingerprint density at radius 3 is 2.70 bits per heavy atom. The Morgan fingerprint density at radius 2 is 2.04 bits per heavy atom. The Bertz CT molecular complexity index is 733. The molecule has 2 aromatic rings. The third-order valence-corrected chi connectivity index (χ3v) is 5.46. The van der Waals surface area contributed by atoms with Crippen molar-refractivity contribution in [3.8, 4) is 10.6 Å². The molecule has 2 N–H and O–H groups in total. The van der Waals surface area contributed by atoms with Gasteiger partial charge < -0.3 is 15.4 Å². The average Bonchev–Trinajstić information content (AvgIpc) is 3.11. The van der Waals surface area contributed by atoms with Gasteiger partial charge in [-0.2, -0.15) is 0 Å². The molecule has 3 rings (SSSR count). The van der Waals surface area contributed by atoms with E-state index in [-0.39, 0.29) is 42.0 Å². The lowest BCUT2D eigenvalue weighted by atomic mass is 9.79. The van der Waals surface area contributed by atoms with Gasteiger partial charge >= 0.3 is 0 Å². The zero-order valence-electron chi connectivity index (χ0n) is 15.0. The number of piperidine rings is 1. The van der Waals surface area contributed by atoms with Crippen molar-refractivity contribution in [2.75, 3.05) is 33.4 Å². The van der Waals surface area contributed by atoms with Crippen molar-refractivity contribution in [2.24, 2.45) is 5.41 Å². The van der Waals surface area contributed by atoms with Crippen molar-refractivity contribution < 1.29 is 13.9 Å². The summed E-state index contributed by atoms with van der Waals surface area (Å²) in [5, 5.41) is 8.49. The lowest BCUT2D eigenvalue weighted by Crippen LogP contribution is -2.47. The molecule has 1 aliphatic rings. The Hall–Kier alpha value is -1.25. The van der Waals surface area contributed by atoms with Crippen LogP contribution in [0.1, 0.15) is 23.3 Å². The van der Waals surface area contributed by atoms with Crippen LogP contribution in [0.2, 0.25) is 0 Å². The van der Waals surface area contributed by atoms with Crippen LogP contribution in [0, 0.1) is 11.2 Å². The molecule has 5 nitrogen and oxygen atoms in total. The fraction of sp³-hybridized carbons (Fsp3) is 0.444. The highest BCUT2D eigenvalue weighted by atomic mass is 35.5. The fourth-order valence-corrected chi connectivity index (χ4v) is 3.96. The Morgan fingerprint density at radius 1 is 1.33 bits per heavy atom. The lowest BCUT2D eigenvalue weighted by Gasteiger charge is -2.37. The van der Waals surface area contributed by atoms with Crippen molar-refractivity contribution in [1.82, 2.24) is 15.6 Å². The number of carbonyl (C=O) groups is 1. The minimum atomic E-state index is -0.336. The minimum Gasteiger partial charge on any atom is -0.384 e. The van der Waals surface area contributed by atoms with Crippen LogP contribution in [0.3, 0.4) is 0 Å². The number of halogens is 3. The zero-order chi connectivity index (χ0) is 17.7. The highest BCUT2D eigenvalue weighted by Gasteiger charge is 2.32. The molecule has 1 saturated heterocycles. The zero-order valence-corrected chi connectivity index (χ0v) is 17.4. The normalized spacial score (nSPS) is 15.3. The second kappa shape index (κ2) is 10.9. The maximum absolute atomic E-state index is 13.9. The highest BCUT2D eigenvalue weighted by molar-refractivity contribution is 7.13. The summed E-state index contributed by atoms with van der Waals surface area (Å²) in [6.07, 6.45) is 1.91. The number of aromatic nitrogens is 1. The van der Waals surface area contributed by atoms with Crippen molar-refractivity contribution >= 4 is 42.1 Å². The molecule has 0 spiro atoms. The summed E-state index contributed by atoms with van der Waals surface area (Å²) in [6.45, 7) is 3.02. The van der Waals surface area contributed by atoms with Gasteiger partial charge in [0.05, 0.1) is 6.61 Å². The van der Waals surface area contributed by atoms with Crippen LogP contribution in [0.25, 0.3) is 10.6 Å². The van der Waals surface area contributed by atoms with E-state index in [4.69, 9.17) is 4.74 Å². The van der Waals surface area contributed by atoms with Gasteiger partial charge in [0.1, 0.15) is 16.5 Å². The Kier molecular flexibility index (Phi) is 9.62. The number of benzene rings is 1. The molecule has 0 radical (unpaired) electrons. The van der Waals surface area contributed by atoms with Crippen LogP contribution in [0.5, 0.6) is 0 Å². The van der Waals surface area contributed by atoms with E-state index < -0.39 is 0 Å². The molecule has 1 amide bonds.